The highest BCUT2D eigenvalue weighted by Crippen LogP contribution is 2.28. The quantitative estimate of drug-likeness (QED) is 0.764. The van der Waals surface area contributed by atoms with E-state index in [4.69, 9.17) is 25.5 Å². The van der Waals surface area contributed by atoms with Gasteiger partial charge in [-0.05, 0) is 38.1 Å². The summed E-state index contributed by atoms with van der Waals surface area (Å²) in [4.78, 5) is 15.9. The summed E-state index contributed by atoms with van der Waals surface area (Å²) in [6, 6.07) is 7.06. The van der Waals surface area contributed by atoms with Gasteiger partial charge in [0.15, 0.2) is 0 Å². The van der Waals surface area contributed by atoms with E-state index in [0.29, 0.717) is 29.8 Å². The first-order valence-electron chi connectivity index (χ1n) is 6.68. The predicted octanol–water partition coefficient (Wildman–Crippen LogP) is 3.50. The zero-order chi connectivity index (χ0) is 15.2. The van der Waals surface area contributed by atoms with Crippen LogP contribution in [-0.4, -0.2) is 24.2 Å². The van der Waals surface area contributed by atoms with Gasteiger partial charge >= 0.3 is 11.9 Å². The summed E-state index contributed by atoms with van der Waals surface area (Å²) in [7, 11) is 0. The van der Waals surface area contributed by atoms with Crippen LogP contribution in [0.2, 0.25) is 5.02 Å². The molecule has 0 saturated heterocycles. The molecule has 6 heteroatoms. The Kier molecular flexibility index (Phi) is 5.22. The number of benzene rings is 1. The lowest BCUT2D eigenvalue weighted by molar-refractivity contribution is -0.142. The number of carbonyl (C=O) groups excluding carboxylic acids is 1. The van der Waals surface area contributed by atoms with Crippen LogP contribution in [0.1, 0.15) is 19.5 Å². The van der Waals surface area contributed by atoms with E-state index in [0.717, 1.165) is 5.56 Å². The molecule has 2 aromatic rings. The average Bonchev–Trinajstić information content (AvgIpc) is 2.83. The Labute approximate surface area is 127 Å². The van der Waals surface area contributed by atoms with Crippen molar-refractivity contribution in [3.8, 4) is 17.4 Å². The molecule has 112 valence electrons. The molecule has 0 aliphatic heterocycles. The minimum atomic E-state index is -0.366. The molecule has 1 heterocycles. The van der Waals surface area contributed by atoms with Crippen molar-refractivity contribution >= 4 is 17.6 Å². The highest BCUT2D eigenvalue weighted by molar-refractivity contribution is 6.30. The van der Waals surface area contributed by atoms with E-state index in [2.05, 4.69) is 4.98 Å². The first-order chi connectivity index (χ1) is 10.1. The van der Waals surface area contributed by atoms with E-state index in [1.54, 1.807) is 31.2 Å². The molecule has 0 saturated carbocycles. The van der Waals surface area contributed by atoms with Crippen molar-refractivity contribution in [1.82, 2.24) is 4.98 Å². The first-order valence-corrected chi connectivity index (χ1v) is 7.05. The van der Waals surface area contributed by atoms with Crippen molar-refractivity contribution in [2.75, 3.05) is 13.2 Å². The van der Waals surface area contributed by atoms with Crippen molar-refractivity contribution in [1.29, 1.82) is 0 Å². The summed E-state index contributed by atoms with van der Waals surface area (Å²) < 4.78 is 15.9. The molecule has 0 atom stereocenters. The van der Waals surface area contributed by atoms with E-state index in [9.17, 15) is 4.79 Å². The standard InChI is InChI=1S/C15H16ClNO4/c1-3-19-13(18)9-12-15(20-4-2)21-14(17-12)10-5-7-11(16)8-6-10/h5-8H,3-4,9H2,1-2H3. The van der Waals surface area contributed by atoms with Crippen molar-refractivity contribution < 1.29 is 18.7 Å². The van der Waals surface area contributed by atoms with Crippen LogP contribution in [0.15, 0.2) is 28.7 Å². The van der Waals surface area contributed by atoms with Gasteiger partial charge in [-0.2, -0.15) is 0 Å². The number of halogens is 1. The molecule has 0 unspecified atom stereocenters. The molecular weight excluding hydrogens is 294 g/mol. The summed E-state index contributed by atoms with van der Waals surface area (Å²) in [6.07, 6.45) is 0.0141. The molecular formula is C15H16ClNO4. The zero-order valence-corrected chi connectivity index (χ0v) is 12.6. The lowest BCUT2D eigenvalue weighted by atomic mass is 10.2. The van der Waals surface area contributed by atoms with Crippen LogP contribution in [0.5, 0.6) is 5.95 Å². The van der Waals surface area contributed by atoms with Gasteiger partial charge in [0.1, 0.15) is 5.69 Å². The fourth-order valence-electron chi connectivity index (χ4n) is 1.76. The van der Waals surface area contributed by atoms with E-state index < -0.39 is 0 Å². The van der Waals surface area contributed by atoms with Crippen LogP contribution in [0, 0.1) is 0 Å². The van der Waals surface area contributed by atoms with Crippen LogP contribution in [0.3, 0.4) is 0 Å². The van der Waals surface area contributed by atoms with Crippen molar-refractivity contribution in [3.05, 3.63) is 35.0 Å². The summed E-state index contributed by atoms with van der Waals surface area (Å²) in [5, 5.41) is 0.627. The van der Waals surface area contributed by atoms with E-state index in [1.807, 2.05) is 6.92 Å². The predicted molar refractivity (Wildman–Crippen MR) is 78.5 cm³/mol. The minimum Gasteiger partial charge on any atom is -0.466 e. The van der Waals surface area contributed by atoms with Crippen LogP contribution in [0.25, 0.3) is 11.5 Å². The van der Waals surface area contributed by atoms with Crippen molar-refractivity contribution in [2.24, 2.45) is 0 Å². The molecule has 0 amide bonds. The number of hydrogen-bond acceptors (Lipinski definition) is 5. The van der Waals surface area contributed by atoms with E-state index >= 15 is 0 Å². The van der Waals surface area contributed by atoms with Crippen LogP contribution in [0.4, 0.5) is 0 Å². The summed E-state index contributed by atoms with van der Waals surface area (Å²) >= 11 is 5.85. The molecule has 0 fully saturated rings. The van der Waals surface area contributed by atoms with Crippen LogP contribution < -0.4 is 4.74 Å². The lowest BCUT2D eigenvalue weighted by Gasteiger charge is -2.01. The molecule has 2 rings (SSSR count). The molecule has 0 N–H and O–H groups in total. The molecule has 21 heavy (non-hydrogen) atoms. The highest BCUT2D eigenvalue weighted by atomic mass is 35.5. The van der Waals surface area contributed by atoms with Gasteiger partial charge in [0.2, 0.25) is 5.89 Å². The third-order valence-electron chi connectivity index (χ3n) is 2.65. The fraction of sp³-hybridized carbons (Fsp3) is 0.333. The van der Waals surface area contributed by atoms with Gasteiger partial charge in [-0.25, -0.2) is 4.98 Å². The number of rotatable bonds is 6. The number of esters is 1. The molecule has 5 nitrogen and oxygen atoms in total. The Balaban J connectivity index is 2.27. The van der Waals surface area contributed by atoms with Gasteiger partial charge < -0.3 is 13.9 Å². The summed E-state index contributed by atoms with van der Waals surface area (Å²) in [6.45, 7) is 4.33. The second kappa shape index (κ2) is 7.13. The Morgan fingerprint density at radius 2 is 1.95 bits per heavy atom. The monoisotopic (exact) mass is 309 g/mol. The summed E-state index contributed by atoms with van der Waals surface area (Å²) in [5.74, 6) is 0.263. The van der Waals surface area contributed by atoms with Gasteiger partial charge in [-0.15, -0.1) is 0 Å². The van der Waals surface area contributed by atoms with Crippen LogP contribution >= 0.6 is 11.6 Å². The van der Waals surface area contributed by atoms with E-state index in [-0.39, 0.29) is 18.3 Å². The molecule has 0 aliphatic rings. The second-order valence-electron chi connectivity index (χ2n) is 4.17. The lowest BCUT2D eigenvalue weighted by Crippen LogP contribution is -2.09. The zero-order valence-electron chi connectivity index (χ0n) is 11.9. The minimum absolute atomic E-state index is 0.0141. The van der Waals surface area contributed by atoms with E-state index in [1.165, 1.54) is 0 Å². The largest absolute Gasteiger partial charge is 0.466 e. The SMILES string of the molecule is CCOC(=O)Cc1nc(-c2ccc(Cl)cc2)oc1OCC. The third-order valence-corrected chi connectivity index (χ3v) is 2.90. The molecule has 0 bridgehead atoms. The van der Waals surface area contributed by atoms with Gasteiger partial charge in [-0.3, -0.25) is 4.79 Å². The molecule has 0 spiro atoms. The summed E-state index contributed by atoms with van der Waals surface area (Å²) in [5.41, 5.74) is 1.19. The second-order valence-corrected chi connectivity index (χ2v) is 4.61. The molecule has 0 radical (unpaired) electrons. The van der Waals surface area contributed by atoms with Gasteiger partial charge in [0.05, 0.1) is 19.6 Å². The highest BCUT2D eigenvalue weighted by Gasteiger charge is 2.19. The van der Waals surface area contributed by atoms with Gasteiger partial charge in [0, 0.05) is 10.6 Å². The molecule has 1 aromatic carbocycles. The van der Waals surface area contributed by atoms with Crippen molar-refractivity contribution in [3.63, 3.8) is 0 Å². The van der Waals surface area contributed by atoms with Crippen LogP contribution in [-0.2, 0) is 16.0 Å². The maximum Gasteiger partial charge on any atom is 0.312 e. The number of carbonyl (C=O) groups is 1. The van der Waals surface area contributed by atoms with Gasteiger partial charge in [0.25, 0.3) is 0 Å². The Morgan fingerprint density at radius 3 is 2.57 bits per heavy atom. The number of aromatic nitrogens is 1. The maximum atomic E-state index is 11.6. The first kappa shape index (κ1) is 15.4. The fourth-order valence-corrected chi connectivity index (χ4v) is 1.88. The van der Waals surface area contributed by atoms with Gasteiger partial charge in [-0.1, -0.05) is 11.6 Å². The average molecular weight is 310 g/mol. The molecule has 1 aromatic heterocycles. The topological polar surface area (TPSA) is 61.6 Å². The molecule has 0 aliphatic carbocycles. The smallest absolute Gasteiger partial charge is 0.312 e. The number of nitrogens with zero attached hydrogens (tertiary/aromatic N) is 1. The Morgan fingerprint density at radius 1 is 1.24 bits per heavy atom. The number of ether oxygens (including phenoxy) is 2. The van der Waals surface area contributed by atoms with Crippen molar-refractivity contribution in [2.45, 2.75) is 20.3 Å². The Hall–Kier alpha value is -2.01. The maximum absolute atomic E-state index is 11.6. The third kappa shape index (κ3) is 3.98. The normalized spacial score (nSPS) is 10.4. The Bertz CT molecular complexity index is 607. The number of hydrogen-bond donors (Lipinski definition) is 0. The number of oxazole rings is 1.